The van der Waals surface area contributed by atoms with Gasteiger partial charge in [-0.05, 0) is 116 Å². The summed E-state index contributed by atoms with van der Waals surface area (Å²) in [6, 6.07) is 40.0. The number of nitrogens with zero attached hydrogens (tertiary/aromatic N) is 8. The fourth-order valence-corrected chi connectivity index (χ4v) is 7.81. The SMILES string of the molecule is CC(C)(C)OC(=O)Nc1cccc(-c2ccn3c(-c4cccc(Nc5nncs5)c4)cnc3c2)c1.Nc1cccc(-c2ccn3c(-c4cccc(Nc5nncs5)c4)cnc3c2)c1. The normalized spacial score (nSPS) is 11.2. The van der Waals surface area contributed by atoms with Gasteiger partial charge >= 0.3 is 6.09 Å². The number of hydrogen-bond acceptors (Lipinski definition) is 13. The van der Waals surface area contributed by atoms with Crippen molar-refractivity contribution in [2.45, 2.75) is 26.4 Å². The highest BCUT2D eigenvalue weighted by molar-refractivity contribution is 7.13. The number of nitrogens with two attached hydrogens (primary N) is 1. The van der Waals surface area contributed by atoms with E-state index in [4.69, 9.17) is 10.5 Å². The van der Waals surface area contributed by atoms with Crippen molar-refractivity contribution in [2.75, 3.05) is 21.7 Å². The minimum atomic E-state index is -0.557. The lowest BCUT2D eigenvalue weighted by Gasteiger charge is -2.19. The zero-order valence-electron chi connectivity index (χ0n) is 34.3. The molecule has 0 aliphatic carbocycles. The Kier molecular flexibility index (Phi) is 11.3. The molecule has 0 atom stereocenters. The minimum Gasteiger partial charge on any atom is -0.444 e. The zero-order chi connectivity index (χ0) is 43.3. The molecular formula is C47H40N12O2S2. The number of nitrogen functional groups attached to an aromatic ring is 1. The second kappa shape index (κ2) is 17.6. The van der Waals surface area contributed by atoms with E-state index in [9.17, 15) is 4.79 Å². The lowest BCUT2D eigenvalue weighted by molar-refractivity contribution is 0.0636. The zero-order valence-corrected chi connectivity index (χ0v) is 35.9. The maximum absolute atomic E-state index is 12.1. The highest BCUT2D eigenvalue weighted by atomic mass is 32.1. The molecule has 0 unspecified atom stereocenters. The van der Waals surface area contributed by atoms with Gasteiger partial charge in [-0.3, -0.25) is 14.1 Å². The summed E-state index contributed by atoms with van der Waals surface area (Å²) in [5.41, 5.74) is 22.0. The van der Waals surface area contributed by atoms with E-state index in [1.165, 1.54) is 22.7 Å². The molecule has 10 rings (SSSR count). The molecule has 4 aromatic carbocycles. The van der Waals surface area contributed by atoms with Gasteiger partial charge in [0.15, 0.2) is 0 Å². The average Bonchev–Trinajstić information content (AvgIpc) is 4.12. The predicted octanol–water partition coefficient (Wildman–Crippen LogP) is 11.5. The summed E-state index contributed by atoms with van der Waals surface area (Å²) in [4.78, 5) is 21.4. The largest absolute Gasteiger partial charge is 0.444 e. The highest BCUT2D eigenvalue weighted by Crippen LogP contribution is 2.31. The fourth-order valence-electron chi connectivity index (χ4n) is 6.88. The number of ether oxygens (including phenoxy) is 1. The van der Waals surface area contributed by atoms with E-state index in [-0.39, 0.29) is 0 Å². The van der Waals surface area contributed by atoms with Gasteiger partial charge < -0.3 is 21.1 Å². The molecule has 0 aliphatic heterocycles. The van der Waals surface area contributed by atoms with Gasteiger partial charge in [-0.15, -0.1) is 20.4 Å². The molecule has 6 aromatic heterocycles. The molecule has 0 saturated heterocycles. The number of benzene rings is 4. The molecule has 63 heavy (non-hydrogen) atoms. The van der Waals surface area contributed by atoms with Crippen molar-refractivity contribution in [1.82, 2.24) is 39.2 Å². The summed E-state index contributed by atoms with van der Waals surface area (Å²) < 4.78 is 9.49. The topological polar surface area (TPSA) is 175 Å². The Labute approximate surface area is 370 Å². The lowest BCUT2D eigenvalue weighted by atomic mass is 10.1. The molecule has 14 nitrogen and oxygen atoms in total. The molecular weight excluding hydrogens is 829 g/mol. The van der Waals surface area contributed by atoms with Gasteiger partial charge in [0.2, 0.25) is 10.3 Å². The second-order valence-corrected chi connectivity index (χ2v) is 17.0. The monoisotopic (exact) mass is 868 g/mol. The summed E-state index contributed by atoms with van der Waals surface area (Å²) in [5.74, 6) is 0. The Morgan fingerprint density at radius 2 is 1.05 bits per heavy atom. The summed E-state index contributed by atoms with van der Waals surface area (Å²) in [5, 5.41) is 26.6. The molecule has 1 amide bonds. The molecule has 0 radical (unpaired) electrons. The van der Waals surface area contributed by atoms with Crippen molar-refractivity contribution in [1.29, 1.82) is 0 Å². The number of anilines is 6. The molecule has 312 valence electrons. The van der Waals surface area contributed by atoms with Crippen LogP contribution in [-0.2, 0) is 4.74 Å². The molecule has 10 aromatic rings. The third-order valence-electron chi connectivity index (χ3n) is 9.63. The number of imidazole rings is 2. The number of amides is 1. The first-order valence-electron chi connectivity index (χ1n) is 19.8. The lowest BCUT2D eigenvalue weighted by Crippen LogP contribution is -2.27. The van der Waals surface area contributed by atoms with E-state index >= 15 is 0 Å². The van der Waals surface area contributed by atoms with Crippen LogP contribution in [0.4, 0.5) is 37.8 Å². The van der Waals surface area contributed by atoms with Crippen LogP contribution >= 0.6 is 22.7 Å². The molecule has 16 heteroatoms. The van der Waals surface area contributed by atoms with Crippen LogP contribution in [0, 0.1) is 0 Å². The van der Waals surface area contributed by atoms with E-state index < -0.39 is 11.7 Å². The first kappa shape index (κ1) is 40.5. The molecule has 0 spiro atoms. The highest BCUT2D eigenvalue weighted by Gasteiger charge is 2.17. The van der Waals surface area contributed by atoms with Crippen molar-refractivity contribution < 1.29 is 9.53 Å². The van der Waals surface area contributed by atoms with E-state index in [2.05, 4.69) is 97.6 Å². The summed E-state index contributed by atoms with van der Waals surface area (Å²) in [7, 11) is 0. The Morgan fingerprint density at radius 1 is 0.587 bits per heavy atom. The number of aromatic nitrogens is 8. The quantitative estimate of drug-likeness (QED) is 0.102. The molecule has 0 fully saturated rings. The molecule has 6 heterocycles. The average molecular weight is 869 g/mol. The maximum Gasteiger partial charge on any atom is 0.412 e. The van der Waals surface area contributed by atoms with Gasteiger partial charge in [0.05, 0.1) is 23.8 Å². The first-order chi connectivity index (χ1) is 30.6. The summed E-state index contributed by atoms with van der Waals surface area (Å²) in [6.45, 7) is 5.51. The number of fused-ring (bicyclic) bond motifs is 2. The van der Waals surface area contributed by atoms with Crippen LogP contribution in [0.5, 0.6) is 0 Å². The van der Waals surface area contributed by atoms with Gasteiger partial charge in [-0.25, -0.2) is 14.8 Å². The predicted molar refractivity (Wildman–Crippen MR) is 253 cm³/mol. The number of rotatable bonds is 9. The number of pyridine rings is 2. The minimum absolute atomic E-state index is 0.481. The van der Waals surface area contributed by atoms with Gasteiger partial charge in [0, 0.05) is 46.3 Å². The Hall–Kier alpha value is -7.95. The van der Waals surface area contributed by atoms with Crippen LogP contribution in [0.15, 0.2) is 157 Å². The van der Waals surface area contributed by atoms with Crippen molar-refractivity contribution in [3.8, 4) is 44.8 Å². The number of carbonyl (C=O) groups is 1. The van der Waals surface area contributed by atoms with Gasteiger partial charge in [0.25, 0.3) is 0 Å². The van der Waals surface area contributed by atoms with Crippen molar-refractivity contribution in [3.63, 3.8) is 0 Å². The molecule has 0 saturated carbocycles. The fraction of sp³-hybridized carbons (Fsp3) is 0.0851. The Balaban J connectivity index is 0.000000164. The van der Waals surface area contributed by atoms with Crippen LogP contribution in [0.3, 0.4) is 0 Å². The molecule has 0 bridgehead atoms. The molecule has 5 N–H and O–H groups in total. The van der Waals surface area contributed by atoms with Crippen LogP contribution < -0.4 is 21.7 Å². The van der Waals surface area contributed by atoms with Crippen molar-refractivity contribution in [3.05, 3.63) is 157 Å². The summed E-state index contributed by atoms with van der Waals surface area (Å²) in [6.07, 6.45) is 7.32. The van der Waals surface area contributed by atoms with E-state index in [1.54, 1.807) is 11.0 Å². The molecule has 0 aliphatic rings. The Morgan fingerprint density at radius 3 is 1.54 bits per heavy atom. The van der Waals surface area contributed by atoms with E-state index in [1.807, 2.05) is 124 Å². The maximum atomic E-state index is 12.1. The number of nitrogens with one attached hydrogen (secondary N) is 3. The summed E-state index contributed by atoms with van der Waals surface area (Å²) >= 11 is 2.91. The van der Waals surface area contributed by atoms with Crippen LogP contribution in [-0.4, -0.2) is 50.9 Å². The van der Waals surface area contributed by atoms with Crippen molar-refractivity contribution >= 4 is 73.1 Å². The van der Waals surface area contributed by atoms with Crippen molar-refractivity contribution in [2.24, 2.45) is 0 Å². The van der Waals surface area contributed by atoms with Gasteiger partial charge in [0.1, 0.15) is 27.9 Å². The number of hydrogen-bond donors (Lipinski definition) is 4. The number of carbonyl (C=O) groups excluding carboxylic acids is 1. The van der Waals surface area contributed by atoms with Crippen LogP contribution in [0.25, 0.3) is 56.1 Å². The van der Waals surface area contributed by atoms with E-state index in [0.717, 1.165) is 83.4 Å². The third-order valence-corrected chi connectivity index (χ3v) is 10.8. The smallest absolute Gasteiger partial charge is 0.412 e. The Bertz CT molecular complexity index is 3170. The van der Waals surface area contributed by atoms with Crippen LogP contribution in [0.1, 0.15) is 20.8 Å². The first-order valence-corrected chi connectivity index (χ1v) is 21.5. The van der Waals surface area contributed by atoms with E-state index in [0.29, 0.717) is 5.69 Å². The third kappa shape index (κ3) is 9.67. The standard InChI is InChI=1S/C26H24N6O2S.C21H16N6S/c1-26(2,3)34-25(33)30-21-9-4-6-17(12-21)18-10-11-32-22(15-27-23(32)14-18)19-7-5-8-20(13-19)29-24-31-28-16-35-24;22-17-5-1-3-14(9-17)15-7-8-27-19(12-23-20(27)11-15)16-4-2-6-18(10-16)25-21-26-24-13-28-21/h4-16H,1-3H3,(H,29,31)(H,30,33);1-13H,22H2,(H,25,26). The van der Waals surface area contributed by atoms with Gasteiger partial charge in [-0.2, -0.15) is 0 Å². The van der Waals surface area contributed by atoms with Gasteiger partial charge in [-0.1, -0.05) is 71.2 Å². The van der Waals surface area contributed by atoms with Crippen LogP contribution in [0.2, 0.25) is 0 Å². The second-order valence-electron chi connectivity index (χ2n) is 15.3.